The van der Waals surface area contributed by atoms with Crippen LogP contribution >= 0.6 is 0 Å². The molecule has 0 rings (SSSR count). The van der Waals surface area contributed by atoms with E-state index in [2.05, 4.69) is 6.58 Å². The zero-order chi connectivity index (χ0) is 6.83. The molecule has 0 aliphatic carbocycles. The van der Waals surface area contributed by atoms with Gasteiger partial charge in [0, 0.05) is 6.08 Å². The highest BCUT2D eigenvalue weighted by atomic mass is 16.3. The van der Waals surface area contributed by atoms with Crippen molar-refractivity contribution in [3.63, 3.8) is 0 Å². The van der Waals surface area contributed by atoms with Crippen LogP contribution in [0, 0.1) is 11.3 Å². The minimum Gasteiger partial charge on any atom is -0.394 e. The highest BCUT2D eigenvalue weighted by molar-refractivity contribution is 4.93. The highest BCUT2D eigenvalue weighted by Gasteiger charge is 1.58. The molecule has 0 spiro atoms. The van der Waals surface area contributed by atoms with Crippen molar-refractivity contribution in [2.45, 2.75) is 0 Å². The van der Waals surface area contributed by atoms with Crippen LogP contribution in [0.3, 0.4) is 0 Å². The molecule has 0 heterocycles. The van der Waals surface area contributed by atoms with Crippen molar-refractivity contribution < 1.29 is 10.2 Å². The van der Waals surface area contributed by atoms with Crippen molar-refractivity contribution in [3.05, 3.63) is 12.7 Å². The first-order chi connectivity index (χ1) is 3.83. The van der Waals surface area contributed by atoms with Gasteiger partial charge in [-0.2, -0.15) is 5.26 Å². The van der Waals surface area contributed by atoms with Gasteiger partial charge < -0.3 is 10.2 Å². The lowest BCUT2D eigenvalue weighted by molar-refractivity contribution is 0.186. The lowest BCUT2D eigenvalue weighted by atomic mass is 10.8. The lowest BCUT2D eigenvalue weighted by Crippen LogP contribution is -1.85. The van der Waals surface area contributed by atoms with E-state index in [1.807, 2.05) is 0 Å². The van der Waals surface area contributed by atoms with E-state index in [0.29, 0.717) is 0 Å². The maximum absolute atomic E-state index is 7.62. The van der Waals surface area contributed by atoms with Crippen LogP contribution in [-0.2, 0) is 0 Å². The van der Waals surface area contributed by atoms with Crippen molar-refractivity contribution >= 4 is 0 Å². The molecule has 0 unspecified atom stereocenters. The second-order valence-electron chi connectivity index (χ2n) is 0.780. The van der Waals surface area contributed by atoms with E-state index >= 15 is 0 Å². The molecule has 0 aromatic heterocycles. The van der Waals surface area contributed by atoms with Crippen LogP contribution in [0.25, 0.3) is 0 Å². The summed E-state index contributed by atoms with van der Waals surface area (Å²) in [5, 5.41) is 22.8. The minimum atomic E-state index is -0.125. The Kier molecular flexibility index (Phi) is 21.0. The first-order valence-electron chi connectivity index (χ1n) is 2.05. The molecule has 0 aromatic rings. The molecule has 0 amide bonds. The zero-order valence-electron chi connectivity index (χ0n) is 4.54. The van der Waals surface area contributed by atoms with Crippen LogP contribution < -0.4 is 0 Å². The molecule has 3 nitrogen and oxygen atoms in total. The van der Waals surface area contributed by atoms with E-state index < -0.39 is 0 Å². The number of aliphatic hydroxyl groups is 2. The van der Waals surface area contributed by atoms with Crippen LogP contribution in [0.5, 0.6) is 0 Å². The van der Waals surface area contributed by atoms with Gasteiger partial charge in [-0.05, 0) is 0 Å². The molecule has 8 heavy (non-hydrogen) atoms. The Hall–Kier alpha value is -0.850. The molecule has 0 radical (unpaired) electrons. The average molecular weight is 115 g/mol. The van der Waals surface area contributed by atoms with E-state index in [9.17, 15) is 0 Å². The number of hydrogen-bond donors (Lipinski definition) is 2. The highest BCUT2D eigenvalue weighted by Crippen LogP contribution is 1.41. The van der Waals surface area contributed by atoms with E-state index in [4.69, 9.17) is 15.5 Å². The van der Waals surface area contributed by atoms with Gasteiger partial charge in [0.2, 0.25) is 0 Å². The predicted molar refractivity (Wildman–Crippen MR) is 30.0 cm³/mol. The zero-order valence-corrected chi connectivity index (χ0v) is 4.54. The number of nitriles is 1. The van der Waals surface area contributed by atoms with Crippen LogP contribution in [-0.4, -0.2) is 23.4 Å². The summed E-state index contributed by atoms with van der Waals surface area (Å²) in [6, 6.07) is 1.69. The fourth-order valence-corrected chi connectivity index (χ4v) is 0. The number of nitrogens with zero attached hydrogens (tertiary/aromatic N) is 1. The normalized spacial score (nSPS) is 5.62. The molecule has 2 N–H and O–H groups in total. The molecule has 0 bridgehead atoms. The SMILES string of the molecule is C=CC#N.OCCO. The Bertz CT molecular complexity index is 73.0. The first-order valence-corrected chi connectivity index (χ1v) is 2.05. The van der Waals surface area contributed by atoms with Crippen molar-refractivity contribution in [1.82, 2.24) is 0 Å². The summed E-state index contributed by atoms with van der Waals surface area (Å²) in [4.78, 5) is 0. The third kappa shape index (κ3) is 67.1. The molecule has 0 aromatic carbocycles. The fraction of sp³-hybridized carbons (Fsp3) is 0.400. The summed E-state index contributed by atoms with van der Waals surface area (Å²) < 4.78 is 0. The number of aliphatic hydroxyl groups excluding tert-OH is 2. The van der Waals surface area contributed by atoms with Gasteiger partial charge in [0.25, 0.3) is 0 Å². The summed E-state index contributed by atoms with van der Waals surface area (Å²) in [5.41, 5.74) is 0. The van der Waals surface area contributed by atoms with E-state index in [0.717, 1.165) is 0 Å². The van der Waals surface area contributed by atoms with Gasteiger partial charge in [0.1, 0.15) is 0 Å². The van der Waals surface area contributed by atoms with E-state index in [1.54, 1.807) is 6.07 Å². The average Bonchev–Trinajstić information content (AvgIpc) is 1.88. The molecule has 46 valence electrons. The van der Waals surface area contributed by atoms with Crippen molar-refractivity contribution in [3.8, 4) is 6.07 Å². The van der Waals surface area contributed by atoms with Crippen molar-refractivity contribution in [1.29, 1.82) is 5.26 Å². The maximum atomic E-state index is 7.62. The van der Waals surface area contributed by atoms with Crippen molar-refractivity contribution in [2.75, 3.05) is 13.2 Å². The third-order valence-electron chi connectivity index (χ3n) is 0.191. The van der Waals surface area contributed by atoms with Gasteiger partial charge in [0.15, 0.2) is 0 Å². The second-order valence-corrected chi connectivity index (χ2v) is 0.780. The summed E-state index contributed by atoms with van der Waals surface area (Å²) in [5.74, 6) is 0. The monoisotopic (exact) mass is 115 g/mol. The summed E-state index contributed by atoms with van der Waals surface area (Å²) in [6.07, 6.45) is 1.18. The number of rotatable bonds is 1. The molecular formula is C5H9NO2. The smallest absolute Gasteiger partial charge is 0.0905 e. The predicted octanol–water partition coefficient (Wildman–Crippen LogP) is -0.333. The maximum Gasteiger partial charge on any atom is 0.0905 e. The Balaban J connectivity index is 0. The minimum absolute atomic E-state index is 0.125. The van der Waals surface area contributed by atoms with Crippen LogP contribution in [0.4, 0.5) is 0 Å². The Labute approximate surface area is 48.5 Å². The quantitative estimate of drug-likeness (QED) is 0.460. The van der Waals surface area contributed by atoms with Crippen LogP contribution in [0.1, 0.15) is 0 Å². The van der Waals surface area contributed by atoms with Gasteiger partial charge in [0.05, 0.1) is 19.3 Å². The third-order valence-corrected chi connectivity index (χ3v) is 0.191. The number of allylic oxidation sites excluding steroid dienone is 1. The first kappa shape index (κ1) is 10.2. The molecule has 0 aliphatic rings. The Morgan fingerprint density at radius 1 is 1.50 bits per heavy atom. The van der Waals surface area contributed by atoms with Gasteiger partial charge in [-0.1, -0.05) is 6.58 Å². The molecule has 0 saturated carbocycles. The van der Waals surface area contributed by atoms with Gasteiger partial charge in [-0.15, -0.1) is 0 Å². The molecule has 0 fully saturated rings. The van der Waals surface area contributed by atoms with Gasteiger partial charge >= 0.3 is 0 Å². The summed E-state index contributed by atoms with van der Waals surface area (Å²) in [6.45, 7) is 2.87. The van der Waals surface area contributed by atoms with Gasteiger partial charge in [-0.25, -0.2) is 0 Å². The van der Waals surface area contributed by atoms with Crippen LogP contribution in [0.2, 0.25) is 0 Å². The molecule has 0 atom stereocenters. The topological polar surface area (TPSA) is 64.2 Å². The fourth-order valence-electron chi connectivity index (χ4n) is 0. The van der Waals surface area contributed by atoms with E-state index in [-0.39, 0.29) is 13.2 Å². The van der Waals surface area contributed by atoms with Crippen LogP contribution in [0.15, 0.2) is 12.7 Å². The molecule has 3 heteroatoms. The second kappa shape index (κ2) is 16.4. The summed E-state index contributed by atoms with van der Waals surface area (Å²) >= 11 is 0. The largest absolute Gasteiger partial charge is 0.394 e. The molecular weight excluding hydrogens is 106 g/mol. The molecule has 0 aliphatic heterocycles. The number of hydrogen-bond acceptors (Lipinski definition) is 3. The molecule has 0 saturated heterocycles. The van der Waals surface area contributed by atoms with E-state index in [1.165, 1.54) is 6.08 Å². The Morgan fingerprint density at radius 2 is 1.75 bits per heavy atom. The lowest BCUT2D eigenvalue weighted by Gasteiger charge is -1.70. The summed E-state index contributed by atoms with van der Waals surface area (Å²) in [7, 11) is 0. The van der Waals surface area contributed by atoms with Crippen molar-refractivity contribution in [2.24, 2.45) is 0 Å². The standard InChI is InChI=1S/C3H3N.C2H6O2/c1-2-3-4;3-1-2-4/h2H,1H2;3-4H,1-2H2. The van der Waals surface area contributed by atoms with Gasteiger partial charge in [-0.3, -0.25) is 0 Å². The Morgan fingerprint density at radius 3 is 1.75 bits per heavy atom.